The molecule has 1 fully saturated rings. The van der Waals surface area contributed by atoms with E-state index in [9.17, 15) is 5.11 Å². The minimum absolute atomic E-state index is 0.178. The van der Waals surface area contributed by atoms with E-state index in [1.807, 2.05) is 17.8 Å². The van der Waals surface area contributed by atoms with Crippen molar-refractivity contribution in [1.82, 2.24) is 19.9 Å². The van der Waals surface area contributed by atoms with E-state index >= 15 is 0 Å². The zero-order valence-corrected chi connectivity index (χ0v) is 9.79. The van der Waals surface area contributed by atoms with Gasteiger partial charge in [-0.25, -0.2) is 4.68 Å². The maximum Gasteiger partial charge on any atom is 0.0693 e. The highest BCUT2D eigenvalue weighted by molar-refractivity contribution is 4.79. The number of hydrogen-bond donors (Lipinski definition) is 1. The van der Waals surface area contributed by atoms with Gasteiger partial charge in [-0.2, -0.15) is 0 Å². The van der Waals surface area contributed by atoms with Crippen molar-refractivity contribution in [2.45, 2.75) is 38.3 Å². The molecule has 0 bridgehead atoms. The third-order valence-electron chi connectivity index (χ3n) is 3.31. The first-order valence-electron chi connectivity index (χ1n) is 6.05. The van der Waals surface area contributed by atoms with Crippen molar-refractivity contribution in [1.29, 1.82) is 0 Å². The summed E-state index contributed by atoms with van der Waals surface area (Å²) in [6.07, 6.45) is 6.51. The second kappa shape index (κ2) is 5.41. The molecule has 0 saturated carbocycles. The highest BCUT2D eigenvalue weighted by Crippen LogP contribution is 2.21. The molecule has 5 heteroatoms. The van der Waals surface area contributed by atoms with Crippen molar-refractivity contribution in [2.75, 3.05) is 19.6 Å². The van der Waals surface area contributed by atoms with Gasteiger partial charge in [-0.3, -0.25) is 0 Å². The van der Waals surface area contributed by atoms with E-state index in [0.29, 0.717) is 6.04 Å². The number of aromatic nitrogens is 3. The molecule has 0 radical (unpaired) electrons. The highest BCUT2D eigenvalue weighted by atomic mass is 16.3. The predicted molar refractivity (Wildman–Crippen MR) is 61.0 cm³/mol. The van der Waals surface area contributed by atoms with Crippen LogP contribution in [-0.2, 0) is 0 Å². The Morgan fingerprint density at radius 2 is 2.19 bits per heavy atom. The monoisotopic (exact) mass is 224 g/mol. The van der Waals surface area contributed by atoms with Gasteiger partial charge >= 0.3 is 0 Å². The largest absolute Gasteiger partial charge is 0.392 e. The molecule has 0 spiro atoms. The van der Waals surface area contributed by atoms with Crippen molar-refractivity contribution in [3.8, 4) is 0 Å². The first-order valence-corrected chi connectivity index (χ1v) is 6.05. The average Bonchev–Trinajstić information content (AvgIpc) is 2.83. The number of rotatable bonds is 4. The van der Waals surface area contributed by atoms with Crippen LogP contribution in [-0.4, -0.2) is 50.7 Å². The fraction of sp³-hybridized carbons (Fsp3) is 0.818. The number of piperidine rings is 1. The maximum atomic E-state index is 9.59. The number of likely N-dealkylation sites (tertiary alicyclic amines) is 1. The Kier molecular flexibility index (Phi) is 3.90. The standard InChI is InChI=1S/C11H20N4O/c1-2-11(16)9-14-6-3-10(4-7-14)15-8-5-12-13-15/h5,8,10-11,16H,2-4,6-7,9H2,1H3/t11-/m1/s1. The lowest BCUT2D eigenvalue weighted by Crippen LogP contribution is -2.39. The molecule has 0 unspecified atom stereocenters. The fourth-order valence-electron chi connectivity index (χ4n) is 2.21. The lowest BCUT2D eigenvalue weighted by Gasteiger charge is -2.32. The van der Waals surface area contributed by atoms with Crippen LogP contribution in [0.5, 0.6) is 0 Å². The zero-order chi connectivity index (χ0) is 11.4. The summed E-state index contributed by atoms with van der Waals surface area (Å²) in [6.45, 7) is 4.91. The lowest BCUT2D eigenvalue weighted by molar-refractivity contribution is 0.0864. The van der Waals surface area contributed by atoms with Crippen LogP contribution < -0.4 is 0 Å². The normalized spacial score (nSPS) is 21.1. The summed E-state index contributed by atoms with van der Waals surface area (Å²) in [7, 11) is 0. The maximum absolute atomic E-state index is 9.59. The number of aliphatic hydroxyl groups excluding tert-OH is 1. The van der Waals surface area contributed by atoms with Crippen LogP contribution in [0.3, 0.4) is 0 Å². The van der Waals surface area contributed by atoms with Gasteiger partial charge in [0.1, 0.15) is 0 Å². The van der Waals surface area contributed by atoms with Crippen LogP contribution in [0.25, 0.3) is 0 Å². The summed E-state index contributed by atoms with van der Waals surface area (Å²) >= 11 is 0. The van der Waals surface area contributed by atoms with Gasteiger partial charge in [0.25, 0.3) is 0 Å². The summed E-state index contributed by atoms with van der Waals surface area (Å²) in [5, 5.41) is 17.5. The molecule has 2 heterocycles. The Balaban J connectivity index is 1.78. The SMILES string of the molecule is CC[C@@H](O)CN1CCC(n2ccnn2)CC1. The third kappa shape index (κ3) is 2.80. The Morgan fingerprint density at radius 3 is 2.75 bits per heavy atom. The molecule has 1 aliphatic heterocycles. The average molecular weight is 224 g/mol. The Hall–Kier alpha value is -0.940. The summed E-state index contributed by atoms with van der Waals surface area (Å²) in [4.78, 5) is 2.33. The minimum atomic E-state index is -0.178. The van der Waals surface area contributed by atoms with Crippen LogP contribution in [0, 0.1) is 0 Å². The van der Waals surface area contributed by atoms with Crippen molar-refractivity contribution < 1.29 is 5.11 Å². The van der Waals surface area contributed by atoms with E-state index in [1.165, 1.54) is 0 Å². The van der Waals surface area contributed by atoms with E-state index in [0.717, 1.165) is 38.9 Å². The molecule has 1 atom stereocenters. The van der Waals surface area contributed by atoms with Gasteiger partial charge in [0.2, 0.25) is 0 Å². The van der Waals surface area contributed by atoms with Crippen molar-refractivity contribution >= 4 is 0 Å². The minimum Gasteiger partial charge on any atom is -0.392 e. The molecule has 1 aromatic heterocycles. The molecule has 16 heavy (non-hydrogen) atoms. The van der Waals surface area contributed by atoms with E-state index in [2.05, 4.69) is 15.2 Å². The molecule has 1 aromatic rings. The molecule has 2 rings (SSSR count). The van der Waals surface area contributed by atoms with Crippen molar-refractivity contribution in [3.63, 3.8) is 0 Å². The number of nitrogens with zero attached hydrogens (tertiary/aromatic N) is 4. The van der Waals surface area contributed by atoms with E-state index in [-0.39, 0.29) is 6.10 Å². The Labute approximate surface area is 96.1 Å². The van der Waals surface area contributed by atoms with Gasteiger partial charge in [-0.05, 0) is 19.3 Å². The molecule has 1 aliphatic rings. The molecule has 1 N–H and O–H groups in total. The van der Waals surface area contributed by atoms with E-state index in [1.54, 1.807) is 6.20 Å². The van der Waals surface area contributed by atoms with Gasteiger partial charge in [0.15, 0.2) is 0 Å². The van der Waals surface area contributed by atoms with Crippen molar-refractivity contribution in [2.24, 2.45) is 0 Å². The number of hydrogen-bond acceptors (Lipinski definition) is 4. The first kappa shape index (κ1) is 11.5. The molecule has 0 aliphatic carbocycles. The van der Waals surface area contributed by atoms with Gasteiger partial charge in [0.05, 0.1) is 18.3 Å². The van der Waals surface area contributed by atoms with Gasteiger partial charge < -0.3 is 10.0 Å². The molecule has 0 amide bonds. The van der Waals surface area contributed by atoms with Crippen LogP contribution in [0.15, 0.2) is 12.4 Å². The highest BCUT2D eigenvalue weighted by Gasteiger charge is 2.21. The summed E-state index contributed by atoms with van der Waals surface area (Å²) in [5.74, 6) is 0. The smallest absolute Gasteiger partial charge is 0.0693 e. The second-order valence-electron chi connectivity index (χ2n) is 4.48. The van der Waals surface area contributed by atoms with Crippen LogP contribution in [0.4, 0.5) is 0 Å². The van der Waals surface area contributed by atoms with Crippen LogP contribution >= 0.6 is 0 Å². The summed E-state index contributed by atoms with van der Waals surface area (Å²) in [5.41, 5.74) is 0. The van der Waals surface area contributed by atoms with Crippen LogP contribution in [0.1, 0.15) is 32.2 Å². The molecule has 90 valence electrons. The van der Waals surface area contributed by atoms with Gasteiger partial charge in [0, 0.05) is 25.8 Å². The number of β-amino-alcohol motifs (C(OH)–C–C–N with tert-alkyl or cyclic N) is 1. The topological polar surface area (TPSA) is 54.2 Å². The lowest BCUT2D eigenvalue weighted by atomic mass is 10.0. The fourth-order valence-corrected chi connectivity index (χ4v) is 2.21. The van der Waals surface area contributed by atoms with Gasteiger partial charge in [-0.15, -0.1) is 5.10 Å². The second-order valence-corrected chi connectivity index (χ2v) is 4.48. The Morgan fingerprint density at radius 1 is 1.44 bits per heavy atom. The first-order chi connectivity index (χ1) is 7.79. The molecule has 5 nitrogen and oxygen atoms in total. The van der Waals surface area contributed by atoms with Crippen LogP contribution in [0.2, 0.25) is 0 Å². The Bertz CT molecular complexity index is 293. The van der Waals surface area contributed by atoms with Crippen molar-refractivity contribution in [3.05, 3.63) is 12.4 Å². The quantitative estimate of drug-likeness (QED) is 0.817. The third-order valence-corrected chi connectivity index (χ3v) is 3.31. The number of aliphatic hydroxyl groups is 1. The molecular formula is C11H20N4O. The zero-order valence-electron chi connectivity index (χ0n) is 9.79. The summed E-state index contributed by atoms with van der Waals surface area (Å²) in [6, 6.07) is 0.484. The van der Waals surface area contributed by atoms with E-state index < -0.39 is 0 Å². The predicted octanol–water partition coefficient (Wildman–Crippen LogP) is 0.686. The van der Waals surface area contributed by atoms with E-state index in [4.69, 9.17) is 0 Å². The summed E-state index contributed by atoms with van der Waals surface area (Å²) < 4.78 is 1.95. The van der Waals surface area contributed by atoms with Gasteiger partial charge in [-0.1, -0.05) is 12.1 Å². The molecule has 0 aromatic carbocycles. The molecule has 1 saturated heterocycles. The molecular weight excluding hydrogens is 204 g/mol.